The van der Waals surface area contributed by atoms with E-state index >= 15 is 0 Å². The standard InChI is InChI=1S/C86H52O2/c1-3-22-53(23-4-1)62-38-18-40-72-74-42-20-44-76(85(74)87-83(62)72)81-68-34-13-9-30-64(68)79(65-31-10-14-35-69(65)81)57-48-46-56(47-49-57)78-60-29-8-7-26-55(60)50-51-61(78)58-27-17-28-59(52-58)80-66-32-11-15-36-70(66)82(71-37-16-12-33-67(71)80)77-45-21-43-75-73-41-19-39-63(84(73)88-86(75)77)54-24-5-2-6-25-54/h1-52H. The molecule has 0 radical (unpaired) electrons. The maximum Gasteiger partial charge on any atom is 0.143 e. The molecule has 88 heavy (non-hydrogen) atoms. The number of hydrogen-bond donors (Lipinski definition) is 0. The predicted octanol–water partition coefficient (Wildman–Crippen LogP) is 24.6. The molecule has 2 heteroatoms. The number of hydrogen-bond acceptors (Lipinski definition) is 2. The van der Waals surface area contributed by atoms with E-state index in [-0.39, 0.29) is 0 Å². The highest BCUT2D eigenvalue weighted by Crippen LogP contribution is 2.51. The van der Waals surface area contributed by atoms with Crippen molar-refractivity contribution < 1.29 is 8.83 Å². The highest BCUT2D eigenvalue weighted by atomic mass is 16.3. The summed E-state index contributed by atoms with van der Waals surface area (Å²) in [7, 11) is 0. The summed E-state index contributed by atoms with van der Waals surface area (Å²) >= 11 is 0. The molecule has 16 aromatic carbocycles. The van der Waals surface area contributed by atoms with Gasteiger partial charge in [-0.1, -0.05) is 309 Å². The van der Waals surface area contributed by atoms with Gasteiger partial charge in [0.2, 0.25) is 0 Å². The molecular formula is C86H52O2. The molecule has 18 rings (SSSR count). The average Bonchev–Trinajstić information content (AvgIpc) is 1.27. The fourth-order valence-corrected chi connectivity index (χ4v) is 14.7. The Hall–Kier alpha value is -11.6. The van der Waals surface area contributed by atoms with Crippen LogP contribution in [0.3, 0.4) is 0 Å². The average molecular weight is 1120 g/mol. The lowest BCUT2D eigenvalue weighted by molar-refractivity contribution is 0.671. The molecule has 0 amide bonds. The van der Waals surface area contributed by atoms with E-state index in [0.717, 1.165) is 99.5 Å². The van der Waals surface area contributed by atoms with E-state index in [1.54, 1.807) is 0 Å². The summed E-state index contributed by atoms with van der Waals surface area (Å²) in [6.07, 6.45) is 0. The van der Waals surface area contributed by atoms with Crippen molar-refractivity contribution in [2.75, 3.05) is 0 Å². The minimum absolute atomic E-state index is 0.897. The zero-order chi connectivity index (χ0) is 57.8. The number of fused-ring (bicyclic) bond motifs is 11. The van der Waals surface area contributed by atoms with Gasteiger partial charge in [-0.25, -0.2) is 0 Å². The molecule has 0 bridgehead atoms. The summed E-state index contributed by atoms with van der Waals surface area (Å²) in [5.41, 5.74) is 22.0. The maximum atomic E-state index is 7.09. The van der Waals surface area contributed by atoms with Gasteiger partial charge >= 0.3 is 0 Å². The minimum atomic E-state index is 0.897. The molecule has 0 atom stereocenters. The monoisotopic (exact) mass is 1120 g/mol. The lowest BCUT2D eigenvalue weighted by Crippen LogP contribution is -1.93. The van der Waals surface area contributed by atoms with Crippen LogP contribution >= 0.6 is 0 Å². The van der Waals surface area contributed by atoms with Crippen LogP contribution in [0.5, 0.6) is 0 Å². The van der Waals surface area contributed by atoms with Gasteiger partial charge in [-0.15, -0.1) is 0 Å². The topological polar surface area (TPSA) is 26.3 Å². The summed E-state index contributed by atoms with van der Waals surface area (Å²) in [6.45, 7) is 0. The number of rotatable bonds is 8. The molecule has 0 fully saturated rings. The largest absolute Gasteiger partial charge is 0.455 e. The van der Waals surface area contributed by atoms with E-state index in [9.17, 15) is 0 Å². The van der Waals surface area contributed by atoms with Crippen molar-refractivity contribution in [3.8, 4) is 89.0 Å². The smallest absolute Gasteiger partial charge is 0.143 e. The zero-order valence-corrected chi connectivity index (χ0v) is 47.8. The SMILES string of the molecule is c1ccc(-c2cccc3c2oc2c(-c4c5ccccc5c(-c5ccc(-c6c(-c7cccc(-c8c9ccccc9c(-c9cccc%10c9oc9c(-c%11ccccc%11)cccc9%10)c9ccccc89)c7)ccc7ccccc67)cc5)c5ccccc45)cccc23)cc1. The zero-order valence-electron chi connectivity index (χ0n) is 47.8. The Labute approximate surface area is 508 Å². The molecule has 0 saturated heterocycles. The number of furan rings is 2. The third-order valence-corrected chi connectivity index (χ3v) is 18.5. The van der Waals surface area contributed by atoms with E-state index < -0.39 is 0 Å². The summed E-state index contributed by atoms with van der Waals surface area (Å²) < 4.78 is 14.2. The normalized spacial score (nSPS) is 11.9. The van der Waals surface area contributed by atoms with Crippen LogP contribution in [0.25, 0.3) is 187 Å². The van der Waals surface area contributed by atoms with Crippen molar-refractivity contribution in [2.45, 2.75) is 0 Å². The van der Waals surface area contributed by atoms with Crippen LogP contribution in [-0.4, -0.2) is 0 Å². The first-order chi connectivity index (χ1) is 43.7. The Balaban J connectivity index is 0.774. The third-order valence-electron chi connectivity index (χ3n) is 18.5. The maximum absolute atomic E-state index is 7.09. The first-order valence-corrected chi connectivity index (χ1v) is 30.3. The van der Waals surface area contributed by atoms with Crippen molar-refractivity contribution in [1.82, 2.24) is 0 Å². The van der Waals surface area contributed by atoms with Gasteiger partial charge in [0.15, 0.2) is 0 Å². The van der Waals surface area contributed by atoms with Crippen molar-refractivity contribution in [1.29, 1.82) is 0 Å². The Kier molecular flexibility index (Phi) is 11.3. The molecule has 0 unspecified atom stereocenters. The van der Waals surface area contributed by atoms with E-state index in [1.807, 2.05) is 0 Å². The second-order valence-corrected chi connectivity index (χ2v) is 23.2. The highest BCUT2D eigenvalue weighted by molar-refractivity contribution is 6.27. The Morgan fingerprint density at radius 2 is 0.455 bits per heavy atom. The molecular weight excluding hydrogens is 1060 g/mol. The molecule has 0 saturated carbocycles. The Morgan fingerprint density at radius 3 is 0.898 bits per heavy atom. The molecule has 18 aromatic rings. The number of para-hydroxylation sites is 4. The quantitative estimate of drug-likeness (QED) is 0.142. The lowest BCUT2D eigenvalue weighted by atomic mass is 9.84. The second-order valence-electron chi connectivity index (χ2n) is 23.2. The molecule has 0 spiro atoms. The van der Waals surface area contributed by atoms with Crippen molar-refractivity contribution >= 4 is 97.7 Å². The van der Waals surface area contributed by atoms with Gasteiger partial charge in [0.1, 0.15) is 22.3 Å². The molecule has 0 aliphatic rings. The van der Waals surface area contributed by atoms with Gasteiger partial charge in [-0.05, 0) is 116 Å². The Morgan fingerprint density at radius 1 is 0.148 bits per heavy atom. The molecule has 0 aliphatic heterocycles. The summed E-state index contributed by atoms with van der Waals surface area (Å²) in [6, 6.07) is 115. The fraction of sp³-hybridized carbons (Fsp3) is 0. The van der Waals surface area contributed by atoms with Crippen LogP contribution in [0, 0.1) is 0 Å². The van der Waals surface area contributed by atoms with Gasteiger partial charge in [-0.2, -0.15) is 0 Å². The molecule has 2 aromatic heterocycles. The van der Waals surface area contributed by atoms with Gasteiger partial charge in [0, 0.05) is 54.9 Å². The van der Waals surface area contributed by atoms with Crippen molar-refractivity contribution in [3.05, 3.63) is 315 Å². The van der Waals surface area contributed by atoms with Gasteiger partial charge in [0.25, 0.3) is 0 Å². The third kappa shape index (κ3) is 7.69. The van der Waals surface area contributed by atoms with Crippen LogP contribution in [-0.2, 0) is 0 Å². The lowest BCUT2D eigenvalue weighted by Gasteiger charge is -2.19. The molecule has 2 heterocycles. The fourth-order valence-electron chi connectivity index (χ4n) is 14.7. The van der Waals surface area contributed by atoms with E-state index in [1.165, 1.54) is 87.2 Å². The molecule has 0 N–H and O–H groups in total. The summed E-state index contributed by atoms with van der Waals surface area (Å²) in [5.74, 6) is 0. The van der Waals surface area contributed by atoms with Gasteiger partial charge in [0.05, 0.1) is 0 Å². The molecule has 2 nitrogen and oxygen atoms in total. The molecule has 408 valence electrons. The summed E-state index contributed by atoms with van der Waals surface area (Å²) in [4.78, 5) is 0. The number of benzene rings is 16. The van der Waals surface area contributed by atoms with Crippen LogP contribution in [0.4, 0.5) is 0 Å². The van der Waals surface area contributed by atoms with Crippen LogP contribution < -0.4 is 0 Å². The first-order valence-electron chi connectivity index (χ1n) is 30.3. The van der Waals surface area contributed by atoms with Crippen LogP contribution in [0.15, 0.2) is 324 Å². The summed E-state index contributed by atoms with van der Waals surface area (Å²) in [5, 5.41) is 16.4. The second kappa shape index (κ2) is 20.0. The van der Waals surface area contributed by atoms with Gasteiger partial charge in [-0.3, -0.25) is 0 Å². The van der Waals surface area contributed by atoms with Crippen LogP contribution in [0.1, 0.15) is 0 Å². The minimum Gasteiger partial charge on any atom is -0.455 e. The van der Waals surface area contributed by atoms with Crippen molar-refractivity contribution in [2.24, 2.45) is 0 Å². The molecule has 0 aliphatic carbocycles. The van der Waals surface area contributed by atoms with Crippen molar-refractivity contribution in [3.63, 3.8) is 0 Å². The van der Waals surface area contributed by atoms with E-state index in [0.29, 0.717) is 0 Å². The first kappa shape index (κ1) is 49.8. The van der Waals surface area contributed by atoms with E-state index in [4.69, 9.17) is 8.83 Å². The van der Waals surface area contributed by atoms with Gasteiger partial charge < -0.3 is 8.83 Å². The Bertz CT molecular complexity index is 5730. The van der Waals surface area contributed by atoms with E-state index in [2.05, 4.69) is 315 Å². The highest BCUT2D eigenvalue weighted by Gasteiger charge is 2.25. The van der Waals surface area contributed by atoms with Crippen LogP contribution in [0.2, 0.25) is 0 Å². The predicted molar refractivity (Wildman–Crippen MR) is 372 cm³/mol.